The number of hydrogen-bond acceptors (Lipinski definition) is 5. The maximum absolute atomic E-state index is 12.4. The Hall–Kier alpha value is -2.31. The molecule has 2 fully saturated rings. The van der Waals surface area contributed by atoms with E-state index in [9.17, 15) is 9.59 Å². The van der Waals surface area contributed by atoms with E-state index < -0.39 is 5.60 Å². The molecule has 0 radical (unpaired) electrons. The molecule has 7 heteroatoms. The first-order chi connectivity index (χ1) is 13.8. The third kappa shape index (κ3) is 6.61. The fourth-order valence-corrected chi connectivity index (χ4v) is 3.83. The number of nitrogens with zero attached hydrogens (tertiary/aromatic N) is 3. The standard InChI is InChI=1S/C22H34N4O3/c1-22(2,3)29-21(28)26-14-9-18(10-15-26)24-20(27)7-6-17-8-11-23-19(16-17)25-12-4-5-13-25/h8,11,16,18H,4-7,9-10,12-15H2,1-3H3,(H,24,27). The highest BCUT2D eigenvalue weighted by Crippen LogP contribution is 2.19. The molecular formula is C22H34N4O3. The van der Waals surface area contributed by atoms with Gasteiger partial charge < -0.3 is 19.9 Å². The smallest absolute Gasteiger partial charge is 0.410 e. The van der Waals surface area contributed by atoms with Crippen LogP contribution in [0.4, 0.5) is 10.6 Å². The average Bonchev–Trinajstić information content (AvgIpc) is 3.21. The molecule has 0 bridgehead atoms. The van der Waals surface area contributed by atoms with Gasteiger partial charge in [-0.25, -0.2) is 9.78 Å². The van der Waals surface area contributed by atoms with E-state index in [1.165, 1.54) is 12.8 Å². The number of ether oxygens (including phenoxy) is 1. The average molecular weight is 403 g/mol. The van der Waals surface area contributed by atoms with Crippen molar-refractivity contribution >= 4 is 17.8 Å². The lowest BCUT2D eigenvalue weighted by atomic mass is 10.0. The van der Waals surface area contributed by atoms with E-state index in [2.05, 4.69) is 21.3 Å². The van der Waals surface area contributed by atoms with Crippen molar-refractivity contribution < 1.29 is 14.3 Å². The molecule has 0 saturated carbocycles. The molecule has 1 N–H and O–H groups in total. The third-order valence-corrected chi connectivity index (χ3v) is 5.39. The topological polar surface area (TPSA) is 74.8 Å². The predicted octanol–water partition coefficient (Wildman–Crippen LogP) is 3.13. The summed E-state index contributed by atoms with van der Waals surface area (Å²) in [6.45, 7) is 8.98. The zero-order valence-corrected chi connectivity index (χ0v) is 17.9. The monoisotopic (exact) mass is 402 g/mol. The van der Waals surface area contributed by atoms with Crippen LogP contribution in [-0.4, -0.2) is 59.7 Å². The van der Waals surface area contributed by atoms with Crippen molar-refractivity contribution in [3.05, 3.63) is 23.9 Å². The maximum atomic E-state index is 12.4. The largest absolute Gasteiger partial charge is 0.444 e. The van der Waals surface area contributed by atoms with Gasteiger partial charge in [0, 0.05) is 44.8 Å². The summed E-state index contributed by atoms with van der Waals surface area (Å²) in [7, 11) is 0. The Bertz CT molecular complexity index is 702. The summed E-state index contributed by atoms with van der Waals surface area (Å²) < 4.78 is 5.42. The number of amides is 2. The van der Waals surface area contributed by atoms with Crippen molar-refractivity contribution in [1.82, 2.24) is 15.2 Å². The number of aryl methyl sites for hydroxylation is 1. The van der Waals surface area contributed by atoms with Gasteiger partial charge in [0.15, 0.2) is 0 Å². The van der Waals surface area contributed by atoms with E-state index >= 15 is 0 Å². The maximum Gasteiger partial charge on any atom is 0.410 e. The zero-order valence-electron chi connectivity index (χ0n) is 17.9. The van der Waals surface area contributed by atoms with Crippen LogP contribution in [0.1, 0.15) is 58.4 Å². The lowest BCUT2D eigenvalue weighted by Crippen LogP contribution is -2.47. The zero-order chi connectivity index (χ0) is 20.9. The van der Waals surface area contributed by atoms with Crippen molar-refractivity contribution in [2.45, 2.75) is 70.9 Å². The minimum absolute atomic E-state index is 0.0697. The fourth-order valence-electron chi connectivity index (χ4n) is 3.83. The van der Waals surface area contributed by atoms with Crippen molar-refractivity contribution in [3.8, 4) is 0 Å². The van der Waals surface area contributed by atoms with Gasteiger partial charge in [-0.2, -0.15) is 0 Å². The number of carbonyl (C=O) groups is 2. The Balaban J connectivity index is 1.39. The molecule has 1 aromatic heterocycles. The number of anilines is 1. The lowest BCUT2D eigenvalue weighted by Gasteiger charge is -2.33. The summed E-state index contributed by atoms with van der Waals surface area (Å²) in [5.74, 6) is 1.09. The van der Waals surface area contributed by atoms with E-state index in [4.69, 9.17) is 4.74 Å². The fraction of sp³-hybridized carbons (Fsp3) is 0.682. The molecule has 2 aliphatic rings. The first-order valence-corrected chi connectivity index (χ1v) is 10.8. The normalized spacial score (nSPS) is 18.0. The molecule has 0 atom stereocenters. The summed E-state index contributed by atoms with van der Waals surface area (Å²) in [5, 5.41) is 3.12. The molecule has 1 aromatic rings. The Morgan fingerprint density at radius 2 is 1.86 bits per heavy atom. The van der Waals surface area contributed by atoms with Crippen LogP contribution in [0.5, 0.6) is 0 Å². The summed E-state index contributed by atoms with van der Waals surface area (Å²) in [6, 6.07) is 4.23. The second-order valence-corrected chi connectivity index (χ2v) is 9.03. The first kappa shape index (κ1) is 21.4. The Labute approximate surface area is 173 Å². The van der Waals surface area contributed by atoms with Crippen LogP contribution in [0, 0.1) is 0 Å². The van der Waals surface area contributed by atoms with Crippen molar-refractivity contribution in [2.75, 3.05) is 31.1 Å². The Kier molecular flexibility index (Phi) is 6.98. The molecule has 160 valence electrons. The molecule has 0 spiro atoms. The van der Waals surface area contributed by atoms with Gasteiger partial charge in [-0.1, -0.05) is 0 Å². The molecule has 29 heavy (non-hydrogen) atoms. The minimum atomic E-state index is -0.482. The number of aromatic nitrogens is 1. The molecule has 0 unspecified atom stereocenters. The van der Waals surface area contributed by atoms with Crippen LogP contribution in [-0.2, 0) is 16.0 Å². The number of pyridine rings is 1. The van der Waals surface area contributed by atoms with Crippen molar-refractivity contribution in [1.29, 1.82) is 0 Å². The van der Waals surface area contributed by atoms with Crippen LogP contribution < -0.4 is 10.2 Å². The number of rotatable bonds is 5. The Morgan fingerprint density at radius 1 is 1.17 bits per heavy atom. The second-order valence-electron chi connectivity index (χ2n) is 9.03. The van der Waals surface area contributed by atoms with Crippen LogP contribution in [0.2, 0.25) is 0 Å². The highest BCUT2D eigenvalue weighted by molar-refractivity contribution is 5.76. The van der Waals surface area contributed by atoms with Gasteiger partial charge >= 0.3 is 6.09 Å². The summed E-state index contributed by atoms with van der Waals surface area (Å²) in [5.41, 5.74) is 0.667. The first-order valence-electron chi connectivity index (χ1n) is 10.8. The summed E-state index contributed by atoms with van der Waals surface area (Å²) >= 11 is 0. The van der Waals surface area contributed by atoms with E-state index in [-0.39, 0.29) is 18.0 Å². The second kappa shape index (κ2) is 9.46. The lowest BCUT2D eigenvalue weighted by molar-refractivity contribution is -0.122. The molecule has 3 rings (SSSR count). The van der Waals surface area contributed by atoms with Crippen LogP contribution in [0.3, 0.4) is 0 Å². The summed E-state index contributed by atoms with van der Waals surface area (Å²) in [4.78, 5) is 33.0. The molecule has 0 aromatic carbocycles. The van der Waals surface area contributed by atoms with Crippen LogP contribution in [0.15, 0.2) is 18.3 Å². The molecule has 2 saturated heterocycles. The number of carbonyl (C=O) groups excluding carboxylic acids is 2. The van der Waals surface area contributed by atoms with Crippen LogP contribution in [0.25, 0.3) is 0 Å². The quantitative estimate of drug-likeness (QED) is 0.819. The number of nitrogens with one attached hydrogen (secondary N) is 1. The summed E-state index contributed by atoms with van der Waals surface area (Å²) in [6.07, 6.45) is 6.73. The molecule has 0 aliphatic carbocycles. The van der Waals surface area contributed by atoms with Gasteiger partial charge in [0.2, 0.25) is 5.91 Å². The minimum Gasteiger partial charge on any atom is -0.444 e. The molecule has 2 amide bonds. The highest BCUT2D eigenvalue weighted by atomic mass is 16.6. The SMILES string of the molecule is CC(C)(C)OC(=O)N1CCC(NC(=O)CCc2ccnc(N3CCCC3)c2)CC1. The number of piperidine rings is 1. The van der Waals surface area contributed by atoms with E-state index in [0.29, 0.717) is 25.9 Å². The van der Waals surface area contributed by atoms with E-state index in [1.807, 2.05) is 33.0 Å². The molecule has 3 heterocycles. The number of likely N-dealkylation sites (tertiary alicyclic amines) is 1. The van der Waals surface area contributed by atoms with Gasteiger partial charge in [0.25, 0.3) is 0 Å². The van der Waals surface area contributed by atoms with E-state index in [1.54, 1.807) is 4.90 Å². The highest BCUT2D eigenvalue weighted by Gasteiger charge is 2.27. The van der Waals surface area contributed by atoms with Gasteiger partial charge in [-0.05, 0) is 70.6 Å². The van der Waals surface area contributed by atoms with Crippen LogP contribution >= 0.6 is 0 Å². The third-order valence-electron chi connectivity index (χ3n) is 5.39. The Morgan fingerprint density at radius 3 is 2.52 bits per heavy atom. The van der Waals surface area contributed by atoms with Crippen molar-refractivity contribution in [3.63, 3.8) is 0 Å². The van der Waals surface area contributed by atoms with Gasteiger partial charge in [-0.15, -0.1) is 0 Å². The molecular weight excluding hydrogens is 368 g/mol. The van der Waals surface area contributed by atoms with Gasteiger partial charge in [-0.3, -0.25) is 4.79 Å². The predicted molar refractivity (Wildman–Crippen MR) is 113 cm³/mol. The van der Waals surface area contributed by atoms with Gasteiger partial charge in [0.05, 0.1) is 0 Å². The number of hydrogen-bond donors (Lipinski definition) is 1. The van der Waals surface area contributed by atoms with E-state index in [0.717, 1.165) is 37.3 Å². The van der Waals surface area contributed by atoms with Gasteiger partial charge in [0.1, 0.15) is 11.4 Å². The molecule has 7 nitrogen and oxygen atoms in total. The molecule has 2 aliphatic heterocycles. The van der Waals surface area contributed by atoms with Crippen molar-refractivity contribution in [2.24, 2.45) is 0 Å².